The summed E-state index contributed by atoms with van der Waals surface area (Å²) in [7, 11) is 0. The first-order valence-corrected chi connectivity index (χ1v) is 7.37. The predicted octanol–water partition coefficient (Wildman–Crippen LogP) is 2.45. The molecule has 4 atom stereocenters. The smallest absolute Gasteiger partial charge is 0.0733 e. The first-order chi connectivity index (χ1) is 8.88. The molecule has 4 rings (SSSR count). The zero-order valence-electron chi connectivity index (χ0n) is 10.8. The number of rotatable bonds is 2. The Morgan fingerprint density at radius 1 is 1.06 bits per heavy atom. The quantitative estimate of drug-likeness (QED) is 0.861. The van der Waals surface area contributed by atoms with Crippen LogP contribution in [0.25, 0.3) is 0 Å². The van der Waals surface area contributed by atoms with Gasteiger partial charge in [-0.15, -0.1) is 0 Å². The van der Waals surface area contributed by atoms with Crippen LogP contribution in [-0.2, 0) is 17.6 Å². The Morgan fingerprint density at radius 2 is 1.94 bits per heavy atom. The van der Waals surface area contributed by atoms with E-state index in [-0.39, 0.29) is 0 Å². The van der Waals surface area contributed by atoms with Crippen molar-refractivity contribution in [1.82, 2.24) is 5.32 Å². The van der Waals surface area contributed by atoms with E-state index in [4.69, 9.17) is 4.74 Å². The van der Waals surface area contributed by atoms with E-state index in [1.54, 1.807) is 11.1 Å². The summed E-state index contributed by atoms with van der Waals surface area (Å²) >= 11 is 0. The van der Waals surface area contributed by atoms with Crippen molar-refractivity contribution in [2.45, 2.75) is 62.8 Å². The maximum absolute atomic E-state index is 5.93. The number of benzene rings is 1. The molecule has 0 saturated carbocycles. The number of hydrogen-bond donors (Lipinski definition) is 1. The Hall–Kier alpha value is -0.860. The number of hydrogen-bond acceptors (Lipinski definition) is 2. The van der Waals surface area contributed by atoms with Gasteiger partial charge in [0.25, 0.3) is 0 Å². The number of fused-ring (bicyclic) bond motifs is 3. The van der Waals surface area contributed by atoms with Gasteiger partial charge in [-0.25, -0.2) is 0 Å². The van der Waals surface area contributed by atoms with Gasteiger partial charge < -0.3 is 10.1 Å². The van der Waals surface area contributed by atoms with Gasteiger partial charge in [0.05, 0.1) is 12.2 Å². The molecule has 96 valence electrons. The lowest BCUT2D eigenvalue weighted by atomic mass is 9.86. The van der Waals surface area contributed by atoms with E-state index in [9.17, 15) is 0 Å². The minimum atomic E-state index is 0.507. The molecule has 0 spiro atoms. The molecule has 18 heavy (non-hydrogen) atoms. The lowest BCUT2D eigenvalue weighted by molar-refractivity contribution is 0.0957. The van der Waals surface area contributed by atoms with Crippen LogP contribution in [0.15, 0.2) is 24.3 Å². The summed E-state index contributed by atoms with van der Waals surface area (Å²) in [6, 6.07) is 10.2. The molecule has 1 N–H and O–H groups in total. The summed E-state index contributed by atoms with van der Waals surface area (Å²) in [6.45, 7) is 0. The Balaban J connectivity index is 1.42. The molecule has 1 aliphatic carbocycles. The molecule has 3 aliphatic rings. The molecule has 0 amide bonds. The number of aryl methyl sites for hydroxylation is 1. The highest BCUT2D eigenvalue weighted by atomic mass is 16.5. The van der Waals surface area contributed by atoms with Gasteiger partial charge in [0.1, 0.15) is 0 Å². The SMILES string of the molecule is c1ccc2c(c1)CCC(NC1CC3CCC1O3)C2. The highest BCUT2D eigenvalue weighted by Gasteiger charge is 2.41. The van der Waals surface area contributed by atoms with Gasteiger partial charge in [-0.05, 0) is 49.7 Å². The largest absolute Gasteiger partial charge is 0.373 e. The van der Waals surface area contributed by atoms with Crippen molar-refractivity contribution in [3.8, 4) is 0 Å². The summed E-state index contributed by atoms with van der Waals surface area (Å²) in [5, 5.41) is 3.87. The normalized spacial score (nSPS) is 37.8. The standard InChI is InChI=1S/C16H21NO/c1-2-4-12-9-13(6-5-11(12)3-1)17-15-10-14-7-8-16(15)18-14/h1-4,13-17H,5-10H2. The molecule has 2 fully saturated rings. The molecule has 2 nitrogen and oxygen atoms in total. The van der Waals surface area contributed by atoms with E-state index in [1.165, 1.54) is 38.5 Å². The van der Waals surface area contributed by atoms with Crippen LogP contribution in [-0.4, -0.2) is 24.3 Å². The van der Waals surface area contributed by atoms with Gasteiger partial charge in [-0.2, -0.15) is 0 Å². The second-order valence-electron chi connectivity index (χ2n) is 6.09. The minimum absolute atomic E-state index is 0.507. The van der Waals surface area contributed by atoms with Crippen LogP contribution in [0.5, 0.6) is 0 Å². The van der Waals surface area contributed by atoms with Crippen LogP contribution in [0.2, 0.25) is 0 Å². The maximum atomic E-state index is 5.93. The topological polar surface area (TPSA) is 21.3 Å². The maximum Gasteiger partial charge on any atom is 0.0733 e. The van der Waals surface area contributed by atoms with Gasteiger partial charge in [-0.1, -0.05) is 24.3 Å². The average Bonchev–Trinajstić information content (AvgIpc) is 3.01. The second-order valence-corrected chi connectivity index (χ2v) is 6.09. The molecular weight excluding hydrogens is 222 g/mol. The van der Waals surface area contributed by atoms with E-state index in [1.807, 2.05) is 0 Å². The lowest BCUT2D eigenvalue weighted by Crippen LogP contribution is -2.46. The van der Waals surface area contributed by atoms with Crippen molar-refractivity contribution in [2.24, 2.45) is 0 Å². The van der Waals surface area contributed by atoms with Crippen molar-refractivity contribution in [3.63, 3.8) is 0 Å². The molecular formula is C16H21NO. The van der Waals surface area contributed by atoms with Crippen LogP contribution in [0, 0.1) is 0 Å². The predicted molar refractivity (Wildman–Crippen MR) is 71.7 cm³/mol. The van der Waals surface area contributed by atoms with Crippen molar-refractivity contribution < 1.29 is 4.74 Å². The van der Waals surface area contributed by atoms with Crippen molar-refractivity contribution in [1.29, 1.82) is 0 Å². The highest BCUT2D eigenvalue weighted by Crippen LogP contribution is 2.35. The van der Waals surface area contributed by atoms with Gasteiger partial charge in [0.2, 0.25) is 0 Å². The van der Waals surface area contributed by atoms with E-state index >= 15 is 0 Å². The van der Waals surface area contributed by atoms with Crippen LogP contribution in [0.3, 0.4) is 0 Å². The minimum Gasteiger partial charge on any atom is -0.373 e. The molecule has 1 aromatic rings. The summed E-state index contributed by atoms with van der Waals surface area (Å²) in [4.78, 5) is 0. The zero-order chi connectivity index (χ0) is 11.9. The summed E-state index contributed by atoms with van der Waals surface area (Å²) in [5.41, 5.74) is 3.10. The third-order valence-electron chi connectivity index (χ3n) is 4.90. The van der Waals surface area contributed by atoms with Crippen molar-refractivity contribution in [3.05, 3.63) is 35.4 Å². The molecule has 1 aromatic carbocycles. The summed E-state index contributed by atoms with van der Waals surface area (Å²) in [6.07, 6.45) is 8.57. The second kappa shape index (κ2) is 4.36. The zero-order valence-corrected chi connectivity index (χ0v) is 10.8. The first-order valence-electron chi connectivity index (χ1n) is 7.37. The van der Waals surface area contributed by atoms with Crippen molar-refractivity contribution in [2.75, 3.05) is 0 Å². The van der Waals surface area contributed by atoms with Crippen LogP contribution in [0.4, 0.5) is 0 Å². The van der Waals surface area contributed by atoms with E-state index in [2.05, 4.69) is 29.6 Å². The van der Waals surface area contributed by atoms with Crippen LogP contribution in [0.1, 0.15) is 36.8 Å². The first kappa shape index (κ1) is 11.0. The Kier molecular flexibility index (Phi) is 2.66. The lowest BCUT2D eigenvalue weighted by Gasteiger charge is -2.30. The van der Waals surface area contributed by atoms with Gasteiger partial charge in [0.15, 0.2) is 0 Å². The fraction of sp³-hybridized carbons (Fsp3) is 0.625. The molecule has 0 aromatic heterocycles. The third-order valence-corrected chi connectivity index (χ3v) is 4.90. The van der Waals surface area contributed by atoms with E-state index in [0.29, 0.717) is 24.3 Å². The Bertz CT molecular complexity index is 444. The molecule has 2 saturated heterocycles. The summed E-state index contributed by atoms with van der Waals surface area (Å²) in [5.74, 6) is 0. The molecule has 2 heterocycles. The van der Waals surface area contributed by atoms with E-state index in [0.717, 1.165) is 0 Å². The van der Waals surface area contributed by atoms with Gasteiger partial charge >= 0.3 is 0 Å². The summed E-state index contributed by atoms with van der Waals surface area (Å²) < 4.78 is 5.93. The Morgan fingerprint density at radius 3 is 2.72 bits per heavy atom. The average molecular weight is 243 g/mol. The van der Waals surface area contributed by atoms with Crippen molar-refractivity contribution >= 4 is 0 Å². The monoisotopic (exact) mass is 243 g/mol. The van der Waals surface area contributed by atoms with Gasteiger partial charge in [-0.3, -0.25) is 0 Å². The molecule has 2 heteroatoms. The van der Waals surface area contributed by atoms with Gasteiger partial charge in [0, 0.05) is 12.1 Å². The van der Waals surface area contributed by atoms with Crippen LogP contribution >= 0.6 is 0 Å². The van der Waals surface area contributed by atoms with E-state index < -0.39 is 0 Å². The van der Waals surface area contributed by atoms with Crippen LogP contribution < -0.4 is 5.32 Å². The molecule has 2 aliphatic heterocycles. The fourth-order valence-corrected chi connectivity index (χ4v) is 3.96. The number of nitrogens with one attached hydrogen (secondary N) is 1. The fourth-order valence-electron chi connectivity index (χ4n) is 3.96. The molecule has 0 radical (unpaired) electrons. The highest BCUT2D eigenvalue weighted by molar-refractivity contribution is 5.30. The third kappa shape index (κ3) is 1.88. The molecule has 2 bridgehead atoms. The molecule has 4 unspecified atom stereocenters. The number of ether oxygens (including phenoxy) is 1. The Labute approximate surface area is 109 Å².